The lowest BCUT2D eigenvalue weighted by molar-refractivity contribution is 0.190. The van der Waals surface area contributed by atoms with Crippen molar-refractivity contribution in [2.75, 3.05) is 6.61 Å². The summed E-state index contributed by atoms with van der Waals surface area (Å²) in [6, 6.07) is 5.37. The van der Waals surface area contributed by atoms with E-state index in [9.17, 15) is 5.11 Å². The van der Waals surface area contributed by atoms with E-state index >= 15 is 0 Å². The quantitative estimate of drug-likeness (QED) is 0.735. The van der Waals surface area contributed by atoms with E-state index in [1.165, 1.54) is 19.3 Å². The van der Waals surface area contributed by atoms with Gasteiger partial charge in [0, 0.05) is 10.6 Å². The van der Waals surface area contributed by atoms with Crippen molar-refractivity contribution in [2.45, 2.75) is 45.6 Å². The van der Waals surface area contributed by atoms with Gasteiger partial charge in [0.05, 0.1) is 12.7 Å². The third-order valence-electron chi connectivity index (χ3n) is 2.68. The second kappa shape index (κ2) is 7.57. The summed E-state index contributed by atoms with van der Waals surface area (Å²) < 4.78 is 5.68. The van der Waals surface area contributed by atoms with Crippen molar-refractivity contribution >= 4 is 11.6 Å². The molecule has 0 aliphatic carbocycles. The maximum absolute atomic E-state index is 9.63. The average molecular weight is 257 g/mol. The first-order valence-corrected chi connectivity index (χ1v) is 6.63. The molecule has 0 saturated carbocycles. The van der Waals surface area contributed by atoms with Gasteiger partial charge in [-0.05, 0) is 31.5 Å². The third-order valence-corrected chi connectivity index (χ3v) is 2.91. The summed E-state index contributed by atoms with van der Waals surface area (Å²) in [7, 11) is 0. The molecule has 96 valence electrons. The van der Waals surface area contributed by atoms with E-state index in [4.69, 9.17) is 16.3 Å². The number of aliphatic hydroxyl groups excluding tert-OH is 1. The van der Waals surface area contributed by atoms with E-state index in [2.05, 4.69) is 6.92 Å². The Morgan fingerprint density at radius 3 is 2.71 bits per heavy atom. The highest BCUT2D eigenvalue weighted by atomic mass is 35.5. The second-order valence-corrected chi connectivity index (χ2v) is 4.70. The van der Waals surface area contributed by atoms with Crippen molar-refractivity contribution in [2.24, 2.45) is 0 Å². The summed E-state index contributed by atoms with van der Waals surface area (Å²) in [6.07, 6.45) is 4.15. The zero-order valence-electron chi connectivity index (χ0n) is 10.6. The summed E-state index contributed by atoms with van der Waals surface area (Å²) in [4.78, 5) is 0. The molecule has 1 aromatic rings. The molecule has 3 heteroatoms. The Morgan fingerprint density at radius 2 is 2.06 bits per heavy atom. The predicted octanol–water partition coefficient (Wildman–Crippen LogP) is 4.35. The van der Waals surface area contributed by atoms with Gasteiger partial charge in [0.2, 0.25) is 0 Å². The van der Waals surface area contributed by atoms with Gasteiger partial charge in [0.15, 0.2) is 0 Å². The minimum absolute atomic E-state index is 0.556. The zero-order valence-corrected chi connectivity index (χ0v) is 11.3. The van der Waals surface area contributed by atoms with Gasteiger partial charge in [-0.15, -0.1) is 0 Å². The second-order valence-electron chi connectivity index (χ2n) is 4.27. The van der Waals surface area contributed by atoms with Crippen LogP contribution >= 0.6 is 11.6 Å². The number of rotatable bonds is 7. The van der Waals surface area contributed by atoms with Gasteiger partial charge in [-0.1, -0.05) is 37.8 Å². The molecule has 0 aliphatic heterocycles. The lowest BCUT2D eigenvalue weighted by atomic mass is 10.1. The number of benzene rings is 1. The number of hydrogen-bond donors (Lipinski definition) is 1. The number of aliphatic hydroxyl groups is 1. The number of unbranched alkanes of at least 4 members (excludes halogenated alkanes) is 3. The fraction of sp³-hybridized carbons (Fsp3) is 0.571. The van der Waals surface area contributed by atoms with Crippen LogP contribution in [0.2, 0.25) is 5.02 Å². The molecule has 0 aliphatic rings. The molecule has 2 nitrogen and oxygen atoms in total. The molecule has 0 heterocycles. The minimum atomic E-state index is -0.556. The maximum Gasteiger partial charge on any atom is 0.125 e. The van der Waals surface area contributed by atoms with Gasteiger partial charge in [0.1, 0.15) is 5.75 Å². The van der Waals surface area contributed by atoms with Crippen molar-refractivity contribution in [1.29, 1.82) is 0 Å². The molecule has 0 spiro atoms. The molecule has 0 saturated heterocycles. The molecule has 0 bridgehead atoms. The molecule has 0 amide bonds. The Hall–Kier alpha value is -0.730. The van der Waals surface area contributed by atoms with Gasteiger partial charge in [-0.3, -0.25) is 0 Å². The predicted molar refractivity (Wildman–Crippen MR) is 71.7 cm³/mol. The molecule has 17 heavy (non-hydrogen) atoms. The Labute approximate surface area is 109 Å². The van der Waals surface area contributed by atoms with Crippen molar-refractivity contribution in [1.82, 2.24) is 0 Å². The smallest absolute Gasteiger partial charge is 0.125 e. The highest BCUT2D eigenvalue weighted by Gasteiger charge is 2.09. The van der Waals surface area contributed by atoms with Gasteiger partial charge in [0.25, 0.3) is 0 Å². The van der Waals surface area contributed by atoms with Crippen molar-refractivity contribution in [3.8, 4) is 5.75 Å². The monoisotopic (exact) mass is 256 g/mol. The van der Waals surface area contributed by atoms with E-state index in [1.54, 1.807) is 19.1 Å². The molecular formula is C14H21ClO2. The first-order chi connectivity index (χ1) is 8.15. The van der Waals surface area contributed by atoms with Crippen LogP contribution in [0.25, 0.3) is 0 Å². The van der Waals surface area contributed by atoms with Crippen LogP contribution < -0.4 is 4.74 Å². The summed E-state index contributed by atoms with van der Waals surface area (Å²) in [5, 5.41) is 10.3. The Morgan fingerprint density at radius 1 is 1.29 bits per heavy atom. The highest BCUT2D eigenvalue weighted by Crippen LogP contribution is 2.28. The normalized spacial score (nSPS) is 12.5. The molecule has 1 aromatic carbocycles. The fourth-order valence-corrected chi connectivity index (χ4v) is 1.87. The van der Waals surface area contributed by atoms with Crippen molar-refractivity contribution < 1.29 is 9.84 Å². The van der Waals surface area contributed by atoms with E-state index in [-0.39, 0.29) is 0 Å². The molecule has 0 fully saturated rings. The first kappa shape index (κ1) is 14.3. The molecule has 0 aromatic heterocycles. The van der Waals surface area contributed by atoms with Crippen molar-refractivity contribution in [3.05, 3.63) is 28.8 Å². The van der Waals surface area contributed by atoms with Crippen LogP contribution in [0.1, 0.15) is 51.2 Å². The summed E-state index contributed by atoms with van der Waals surface area (Å²) in [6.45, 7) is 4.60. The van der Waals surface area contributed by atoms with Crippen LogP contribution in [0.4, 0.5) is 0 Å². The van der Waals surface area contributed by atoms with Crippen LogP contribution in [-0.2, 0) is 0 Å². The number of halogens is 1. The van der Waals surface area contributed by atoms with Crippen LogP contribution in [0.3, 0.4) is 0 Å². The van der Waals surface area contributed by atoms with Crippen LogP contribution in [0, 0.1) is 0 Å². The number of hydrogen-bond acceptors (Lipinski definition) is 2. The molecule has 0 radical (unpaired) electrons. The van der Waals surface area contributed by atoms with Crippen LogP contribution in [0.15, 0.2) is 18.2 Å². The van der Waals surface area contributed by atoms with Gasteiger partial charge in [-0.2, -0.15) is 0 Å². The Kier molecular flexibility index (Phi) is 6.38. The molecule has 1 atom stereocenters. The molecule has 1 unspecified atom stereocenters. The Balaban J connectivity index is 2.52. The van der Waals surface area contributed by atoms with Gasteiger partial charge in [-0.25, -0.2) is 0 Å². The van der Waals surface area contributed by atoms with Gasteiger partial charge < -0.3 is 9.84 Å². The van der Waals surface area contributed by atoms with Gasteiger partial charge >= 0.3 is 0 Å². The summed E-state index contributed by atoms with van der Waals surface area (Å²) in [5.41, 5.74) is 0.757. The lowest BCUT2D eigenvalue weighted by Gasteiger charge is -2.13. The van der Waals surface area contributed by atoms with Crippen LogP contribution in [0.5, 0.6) is 5.75 Å². The third kappa shape index (κ3) is 4.97. The number of ether oxygens (including phenoxy) is 1. The Bertz CT molecular complexity index is 337. The van der Waals surface area contributed by atoms with E-state index in [0.717, 1.165) is 17.7 Å². The summed E-state index contributed by atoms with van der Waals surface area (Å²) in [5.74, 6) is 0.737. The zero-order chi connectivity index (χ0) is 12.7. The van der Waals surface area contributed by atoms with Crippen molar-refractivity contribution in [3.63, 3.8) is 0 Å². The molecule has 1 N–H and O–H groups in total. The molecular weight excluding hydrogens is 236 g/mol. The molecule has 1 rings (SSSR count). The van der Waals surface area contributed by atoms with E-state index < -0.39 is 6.10 Å². The van der Waals surface area contributed by atoms with Crippen LogP contribution in [-0.4, -0.2) is 11.7 Å². The minimum Gasteiger partial charge on any atom is -0.493 e. The van der Waals surface area contributed by atoms with E-state index in [0.29, 0.717) is 11.6 Å². The lowest BCUT2D eigenvalue weighted by Crippen LogP contribution is -2.02. The SMILES string of the molecule is CCCCCCOc1ccc(Cl)cc1C(C)O. The maximum atomic E-state index is 9.63. The summed E-state index contributed by atoms with van der Waals surface area (Å²) >= 11 is 5.90. The highest BCUT2D eigenvalue weighted by molar-refractivity contribution is 6.30. The fourth-order valence-electron chi connectivity index (χ4n) is 1.69. The first-order valence-electron chi connectivity index (χ1n) is 6.25. The standard InChI is InChI=1S/C14H21ClO2/c1-3-4-5-6-9-17-14-8-7-12(15)10-13(14)11(2)16/h7-8,10-11,16H,3-6,9H2,1-2H3. The largest absolute Gasteiger partial charge is 0.493 e. The average Bonchev–Trinajstić information content (AvgIpc) is 2.30. The van der Waals surface area contributed by atoms with E-state index in [1.807, 2.05) is 6.07 Å². The topological polar surface area (TPSA) is 29.5 Å².